The first-order chi connectivity index (χ1) is 22.5. The molecule has 2 aromatic carbocycles. The van der Waals surface area contributed by atoms with Gasteiger partial charge in [0.25, 0.3) is 6.08 Å². The molecule has 3 N–H and O–H groups in total. The molecule has 0 bridgehead atoms. The molecule has 12 heteroatoms. The second-order valence-electron chi connectivity index (χ2n) is 13.2. The van der Waals surface area contributed by atoms with Gasteiger partial charge in [-0.3, -0.25) is 9.88 Å². The molecule has 1 unspecified atom stereocenters. The Hall–Kier alpha value is -4.47. The average molecular weight is 646 g/mol. The van der Waals surface area contributed by atoms with Gasteiger partial charge in [-0.05, 0) is 82.8 Å². The number of pyridine rings is 1. The van der Waals surface area contributed by atoms with Crippen molar-refractivity contribution < 1.29 is 22.3 Å². The molecule has 1 saturated carbocycles. The number of benzene rings is 2. The summed E-state index contributed by atoms with van der Waals surface area (Å²) in [6.45, 7) is 1.50. The minimum Gasteiger partial charge on any atom is -0.461 e. The maximum absolute atomic E-state index is 16.8. The average Bonchev–Trinajstić information content (AvgIpc) is 3.58. The van der Waals surface area contributed by atoms with Gasteiger partial charge in [0, 0.05) is 47.0 Å². The van der Waals surface area contributed by atoms with Gasteiger partial charge in [0.2, 0.25) is 0 Å². The van der Waals surface area contributed by atoms with Crippen molar-refractivity contribution in [2.45, 2.75) is 49.6 Å². The Morgan fingerprint density at radius 2 is 1.96 bits per heavy atom. The van der Waals surface area contributed by atoms with Gasteiger partial charge in [-0.2, -0.15) is 18.7 Å². The number of hydrogen-bond acceptors (Lipinski definition) is 8. The summed E-state index contributed by atoms with van der Waals surface area (Å²) in [6, 6.07) is 5.84. The molecule has 47 heavy (non-hydrogen) atoms. The van der Waals surface area contributed by atoms with Crippen molar-refractivity contribution in [1.29, 1.82) is 0 Å². The number of nitrogens with one attached hydrogen (secondary N) is 1. The summed E-state index contributed by atoms with van der Waals surface area (Å²) in [5, 5.41) is 4.58. The molecule has 1 atom stereocenters. The van der Waals surface area contributed by atoms with E-state index in [1.807, 2.05) is 19.0 Å². The van der Waals surface area contributed by atoms with E-state index in [1.54, 1.807) is 6.07 Å². The van der Waals surface area contributed by atoms with Gasteiger partial charge >= 0.3 is 6.01 Å². The van der Waals surface area contributed by atoms with E-state index in [4.69, 9.17) is 16.9 Å². The molecule has 2 aliphatic heterocycles. The Balaban J connectivity index is 1.34. The van der Waals surface area contributed by atoms with Crippen molar-refractivity contribution in [1.82, 2.24) is 24.8 Å². The van der Waals surface area contributed by atoms with Crippen LogP contribution in [0.1, 0.15) is 44.1 Å². The highest BCUT2D eigenvalue weighted by Crippen LogP contribution is 2.44. The molecule has 2 saturated heterocycles. The lowest BCUT2D eigenvalue weighted by Crippen LogP contribution is -2.54. The van der Waals surface area contributed by atoms with E-state index in [0.717, 1.165) is 25.7 Å². The molecule has 4 aromatic rings. The Morgan fingerprint density at radius 3 is 2.66 bits per heavy atom. The van der Waals surface area contributed by atoms with Crippen LogP contribution in [0.2, 0.25) is 0 Å². The van der Waals surface area contributed by atoms with Crippen LogP contribution in [0.25, 0.3) is 32.9 Å². The number of likely N-dealkylation sites (N-methyl/N-ethyl adjacent to an activating group) is 1. The van der Waals surface area contributed by atoms with Crippen molar-refractivity contribution in [2.24, 2.45) is 0 Å². The quantitative estimate of drug-likeness (QED) is 0.130. The van der Waals surface area contributed by atoms with Crippen LogP contribution in [0.5, 0.6) is 6.01 Å². The van der Waals surface area contributed by atoms with Gasteiger partial charge in [0.1, 0.15) is 29.5 Å². The van der Waals surface area contributed by atoms with Crippen LogP contribution in [0.3, 0.4) is 0 Å². The highest BCUT2D eigenvalue weighted by molar-refractivity contribution is 6.03. The third kappa shape index (κ3) is 5.22. The minimum absolute atomic E-state index is 0.0302. The van der Waals surface area contributed by atoms with Crippen molar-refractivity contribution in [3.63, 3.8) is 0 Å². The Kier molecular flexibility index (Phi) is 7.72. The standard InChI is InChI=1S/C35H35F4N7O/c1-4-23-26(36)8-7-20-13-22(40)14-24(27(20)23)29-28(37)30-25(16-41-29)32(42-18-34(45(2)3)9-5-10-34)44-33(43-30)47-19-35-11-6-12-46(35)17-21(15-35)31(38)39/h1,7-8,13-14,16H,5-6,9-12,15,17-19,40H2,2-3H3,(H,42,43,44). The molecule has 8 nitrogen and oxygen atoms in total. The number of aromatic nitrogens is 3. The van der Waals surface area contributed by atoms with Crippen LogP contribution < -0.4 is 15.8 Å². The van der Waals surface area contributed by atoms with Gasteiger partial charge in [0.15, 0.2) is 5.82 Å². The predicted molar refractivity (Wildman–Crippen MR) is 174 cm³/mol. The fourth-order valence-corrected chi connectivity index (χ4v) is 7.50. The fourth-order valence-electron chi connectivity index (χ4n) is 7.50. The summed E-state index contributed by atoms with van der Waals surface area (Å²) < 4.78 is 64.9. The lowest BCUT2D eigenvalue weighted by molar-refractivity contribution is 0.0738. The molecule has 0 spiro atoms. The Morgan fingerprint density at radius 1 is 1.15 bits per heavy atom. The number of halogens is 4. The monoisotopic (exact) mass is 645 g/mol. The molecule has 0 radical (unpaired) electrons. The first-order valence-electron chi connectivity index (χ1n) is 15.7. The van der Waals surface area contributed by atoms with E-state index in [2.05, 4.69) is 31.1 Å². The van der Waals surface area contributed by atoms with Crippen molar-refractivity contribution >= 4 is 33.2 Å². The Bertz CT molecular complexity index is 1980. The molecular formula is C35H35F4N7O. The molecular weight excluding hydrogens is 610 g/mol. The van der Waals surface area contributed by atoms with E-state index in [-0.39, 0.29) is 59.0 Å². The number of fused-ring (bicyclic) bond motifs is 3. The highest BCUT2D eigenvalue weighted by Gasteiger charge is 2.48. The van der Waals surface area contributed by atoms with E-state index in [0.29, 0.717) is 47.2 Å². The number of rotatable bonds is 8. The summed E-state index contributed by atoms with van der Waals surface area (Å²) in [5.74, 6) is 1.32. The topological polar surface area (TPSA) is 92.4 Å². The van der Waals surface area contributed by atoms with Crippen LogP contribution in [-0.2, 0) is 0 Å². The summed E-state index contributed by atoms with van der Waals surface area (Å²) in [5.41, 5.74) is 5.94. The molecule has 7 rings (SSSR count). The summed E-state index contributed by atoms with van der Waals surface area (Å²) >= 11 is 0. The highest BCUT2D eigenvalue weighted by atomic mass is 19.3. The number of nitrogen functional groups attached to an aromatic ring is 1. The smallest absolute Gasteiger partial charge is 0.319 e. The largest absolute Gasteiger partial charge is 0.461 e. The van der Waals surface area contributed by atoms with E-state index in [9.17, 15) is 13.2 Å². The lowest BCUT2D eigenvalue weighted by atomic mass is 9.75. The third-order valence-corrected chi connectivity index (χ3v) is 10.4. The van der Waals surface area contributed by atoms with Crippen LogP contribution in [0.15, 0.2) is 42.1 Å². The van der Waals surface area contributed by atoms with Crippen LogP contribution in [-0.4, -0.2) is 76.2 Å². The SMILES string of the molecule is C#Cc1c(F)ccc2cc(N)cc(-c3ncc4c(NCC5(N(C)C)CCC5)nc(OCC56CCCN5CC(=C(F)F)C6)nc4c3F)c12. The van der Waals surface area contributed by atoms with Crippen LogP contribution in [0.4, 0.5) is 29.1 Å². The van der Waals surface area contributed by atoms with Gasteiger partial charge in [-0.1, -0.05) is 12.0 Å². The van der Waals surface area contributed by atoms with Crippen molar-refractivity contribution in [3.05, 3.63) is 59.3 Å². The minimum atomic E-state index is -1.65. The number of nitrogens with two attached hydrogens (primary N) is 1. The normalized spacial score (nSPS) is 20.4. The Labute approximate surface area is 270 Å². The zero-order chi connectivity index (χ0) is 33.1. The second-order valence-corrected chi connectivity index (χ2v) is 13.2. The number of anilines is 2. The lowest BCUT2D eigenvalue weighted by Gasteiger charge is -2.47. The van der Waals surface area contributed by atoms with Gasteiger partial charge in [-0.25, -0.2) is 8.78 Å². The molecule has 244 valence electrons. The molecule has 3 fully saturated rings. The van der Waals surface area contributed by atoms with E-state index < -0.39 is 23.3 Å². The van der Waals surface area contributed by atoms with Gasteiger partial charge < -0.3 is 20.7 Å². The van der Waals surface area contributed by atoms with Crippen molar-refractivity contribution in [3.8, 4) is 29.6 Å². The molecule has 4 heterocycles. The van der Waals surface area contributed by atoms with Gasteiger partial charge in [-0.15, -0.1) is 6.42 Å². The molecule has 3 aliphatic rings. The van der Waals surface area contributed by atoms with E-state index >= 15 is 4.39 Å². The number of terminal acetylenes is 1. The summed E-state index contributed by atoms with van der Waals surface area (Å²) in [4.78, 5) is 17.8. The predicted octanol–water partition coefficient (Wildman–Crippen LogP) is 6.35. The van der Waals surface area contributed by atoms with Crippen LogP contribution in [0, 0.1) is 24.0 Å². The first-order valence-corrected chi connectivity index (χ1v) is 15.7. The van der Waals surface area contributed by atoms with Gasteiger partial charge in [0.05, 0.1) is 16.5 Å². The maximum atomic E-state index is 16.8. The van der Waals surface area contributed by atoms with E-state index in [1.165, 1.54) is 24.4 Å². The fraction of sp³-hybridized carbons (Fsp3) is 0.400. The summed E-state index contributed by atoms with van der Waals surface area (Å²) in [7, 11) is 4.06. The zero-order valence-corrected chi connectivity index (χ0v) is 26.3. The third-order valence-electron chi connectivity index (χ3n) is 10.4. The second kappa shape index (κ2) is 11.6. The molecule has 0 amide bonds. The van der Waals surface area contributed by atoms with Crippen LogP contribution >= 0.6 is 0 Å². The maximum Gasteiger partial charge on any atom is 0.319 e. The molecule has 2 aromatic heterocycles. The van der Waals surface area contributed by atoms with Crippen molar-refractivity contribution in [2.75, 3.05) is 51.4 Å². The molecule has 1 aliphatic carbocycles. The zero-order valence-electron chi connectivity index (χ0n) is 26.3. The first kappa shape index (κ1) is 31.1. The number of nitrogens with zero attached hydrogens (tertiary/aromatic N) is 5. The summed E-state index contributed by atoms with van der Waals surface area (Å²) in [6.07, 6.45) is 10.3. The number of hydrogen-bond donors (Lipinski definition) is 2. The number of ether oxygens (including phenoxy) is 1.